The molecule has 118 valence electrons. The first kappa shape index (κ1) is 16.2. The van der Waals surface area contributed by atoms with Crippen LogP contribution < -0.4 is 0 Å². The fourth-order valence-electron chi connectivity index (χ4n) is 2.29. The highest BCUT2D eigenvalue weighted by atomic mass is 16.6. The fraction of sp³-hybridized carbons (Fsp3) is 0.200. The van der Waals surface area contributed by atoms with Gasteiger partial charge in [0.15, 0.2) is 5.69 Å². The van der Waals surface area contributed by atoms with Crippen LogP contribution in [0.15, 0.2) is 40.6 Å². The number of rotatable bonds is 4. The van der Waals surface area contributed by atoms with Crippen LogP contribution in [0.25, 0.3) is 0 Å². The Morgan fingerprint density at radius 1 is 0.870 bits per heavy atom. The van der Waals surface area contributed by atoms with E-state index < -0.39 is 15.5 Å². The minimum atomic E-state index is -0.712. The molecule has 0 spiro atoms. The number of nitro groups is 2. The van der Waals surface area contributed by atoms with Crippen molar-refractivity contribution in [1.82, 2.24) is 0 Å². The van der Waals surface area contributed by atoms with Gasteiger partial charge in [0.2, 0.25) is 0 Å². The summed E-state index contributed by atoms with van der Waals surface area (Å²) in [5, 5.41) is 29.8. The molecule has 0 unspecified atom stereocenters. The molecule has 0 fully saturated rings. The van der Waals surface area contributed by atoms with Crippen LogP contribution >= 0.6 is 0 Å². The highest BCUT2D eigenvalue weighted by Gasteiger charge is 2.19. The average Bonchev–Trinajstić information content (AvgIpc) is 2.45. The zero-order valence-corrected chi connectivity index (χ0v) is 12.8. The molecular formula is C15H14N4O4. The molecule has 2 aromatic carbocycles. The van der Waals surface area contributed by atoms with Crippen LogP contribution in [0.3, 0.4) is 0 Å². The summed E-state index contributed by atoms with van der Waals surface area (Å²) < 4.78 is 0. The normalized spacial score (nSPS) is 10.9. The largest absolute Gasteiger partial charge is 0.303 e. The van der Waals surface area contributed by atoms with Crippen LogP contribution in [0.5, 0.6) is 0 Å². The van der Waals surface area contributed by atoms with E-state index in [2.05, 4.69) is 10.2 Å². The number of nitro benzene ring substituents is 2. The zero-order valence-electron chi connectivity index (χ0n) is 12.8. The van der Waals surface area contributed by atoms with E-state index in [9.17, 15) is 20.2 Å². The van der Waals surface area contributed by atoms with Gasteiger partial charge in [-0.05, 0) is 38.0 Å². The Morgan fingerprint density at radius 2 is 1.48 bits per heavy atom. The second kappa shape index (κ2) is 6.30. The van der Waals surface area contributed by atoms with Crippen molar-refractivity contribution < 1.29 is 9.85 Å². The lowest BCUT2D eigenvalue weighted by atomic mass is 10.1. The van der Waals surface area contributed by atoms with Crippen molar-refractivity contribution in [2.24, 2.45) is 10.2 Å². The third kappa shape index (κ3) is 3.54. The summed E-state index contributed by atoms with van der Waals surface area (Å²) in [6, 6.07) is 7.13. The van der Waals surface area contributed by atoms with Crippen LogP contribution in [0, 0.1) is 41.0 Å². The first-order chi connectivity index (χ1) is 10.8. The van der Waals surface area contributed by atoms with Gasteiger partial charge in [0.05, 0.1) is 21.6 Å². The Balaban J connectivity index is 2.48. The number of benzene rings is 2. The zero-order chi connectivity index (χ0) is 17.1. The van der Waals surface area contributed by atoms with Crippen LogP contribution in [0.1, 0.15) is 16.7 Å². The van der Waals surface area contributed by atoms with Gasteiger partial charge in [-0.25, -0.2) is 0 Å². The van der Waals surface area contributed by atoms with Gasteiger partial charge in [-0.2, -0.15) is 0 Å². The van der Waals surface area contributed by atoms with Crippen molar-refractivity contribution >= 4 is 22.7 Å². The Labute approximate surface area is 131 Å². The molecular weight excluding hydrogens is 300 g/mol. The average molecular weight is 314 g/mol. The smallest absolute Gasteiger partial charge is 0.258 e. The highest BCUT2D eigenvalue weighted by molar-refractivity contribution is 5.62. The molecule has 0 aliphatic carbocycles. The van der Waals surface area contributed by atoms with Gasteiger partial charge >= 0.3 is 5.69 Å². The lowest BCUT2D eigenvalue weighted by molar-refractivity contribution is -0.393. The quantitative estimate of drug-likeness (QED) is 0.456. The number of azo groups is 1. The molecule has 2 rings (SSSR count). The molecule has 0 amide bonds. The lowest BCUT2D eigenvalue weighted by Gasteiger charge is -2.05. The number of hydrogen-bond donors (Lipinski definition) is 0. The monoisotopic (exact) mass is 314 g/mol. The second-order valence-electron chi connectivity index (χ2n) is 5.13. The summed E-state index contributed by atoms with van der Waals surface area (Å²) in [4.78, 5) is 20.4. The Kier molecular flexibility index (Phi) is 4.44. The standard InChI is InChI=1S/C15H14N4O4/c1-9-6-10(2)15(11(3)7-9)17-16-13-5-4-12(18(20)21)8-14(13)19(22)23/h4-8H,1-3H3. The lowest BCUT2D eigenvalue weighted by Crippen LogP contribution is -1.92. The van der Waals surface area contributed by atoms with E-state index in [1.165, 1.54) is 6.07 Å². The number of non-ortho nitro benzene ring substituents is 1. The molecule has 0 heterocycles. The van der Waals surface area contributed by atoms with E-state index in [0.29, 0.717) is 5.69 Å². The number of aryl methyl sites for hydroxylation is 3. The molecule has 0 aliphatic heterocycles. The molecule has 0 saturated heterocycles. The predicted octanol–water partition coefficient (Wildman–Crippen LogP) is 4.84. The van der Waals surface area contributed by atoms with Crippen molar-refractivity contribution in [1.29, 1.82) is 0 Å². The second-order valence-corrected chi connectivity index (χ2v) is 5.13. The van der Waals surface area contributed by atoms with Gasteiger partial charge in [-0.3, -0.25) is 20.2 Å². The van der Waals surface area contributed by atoms with Crippen LogP contribution in [0.2, 0.25) is 0 Å². The minimum absolute atomic E-state index is 0.0278. The maximum atomic E-state index is 11.1. The van der Waals surface area contributed by atoms with Gasteiger partial charge in [-0.15, -0.1) is 10.2 Å². The fourth-order valence-corrected chi connectivity index (χ4v) is 2.29. The third-order valence-corrected chi connectivity index (χ3v) is 3.26. The van der Waals surface area contributed by atoms with Gasteiger partial charge < -0.3 is 0 Å². The molecule has 0 aliphatic rings. The van der Waals surface area contributed by atoms with Crippen LogP contribution in [0.4, 0.5) is 22.7 Å². The molecule has 0 N–H and O–H groups in total. The van der Waals surface area contributed by atoms with E-state index in [4.69, 9.17) is 0 Å². The maximum Gasteiger partial charge on any atom is 0.303 e. The van der Waals surface area contributed by atoms with Gasteiger partial charge in [0.25, 0.3) is 5.69 Å². The Bertz CT molecular complexity index is 807. The van der Waals surface area contributed by atoms with E-state index in [1.54, 1.807) is 0 Å². The molecule has 0 atom stereocenters. The molecule has 2 aromatic rings. The molecule has 0 radical (unpaired) electrons. The summed E-state index contributed by atoms with van der Waals surface area (Å²) in [6.45, 7) is 5.71. The number of nitrogens with zero attached hydrogens (tertiary/aromatic N) is 4. The summed E-state index contributed by atoms with van der Waals surface area (Å²) in [5.41, 5.74) is 2.67. The van der Waals surface area contributed by atoms with Crippen molar-refractivity contribution in [3.8, 4) is 0 Å². The van der Waals surface area contributed by atoms with Gasteiger partial charge in [-0.1, -0.05) is 17.7 Å². The summed E-state index contributed by atoms with van der Waals surface area (Å²) in [7, 11) is 0. The molecule has 0 saturated carbocycles. The van der Waals surface area contributed by atoms with E-state index >= 15 is 0 Å². The summed E-state index contributed by atoms with van der Waals surface area (Å²) in [6.07, 6.45) is 0. The van der Waals surface area contributed by atoms with Gasteiger partial charge in [0, 0.05) is 6.07 Å². The SMILES string of the molecule is Cc1cc(C)c(N=Nc2ccc([N+](=O)[O-])cc2[N+](=O)[O-])c(C)c1. The van der Waals surface area contributed by atoms with Crippen molar-refractivity contribution in [3.63, 3.8) is 0 Å². The van der Waals surface area contributed by atoms with Crippen molar-refractivity contribution in [2.75, 3.05) is 0 Å². The van der Waals surface area contributed by atoms with Crippen LogP contribution in [-0.2, 0) is 0 Å². The number of hydrogen-bond acceptors (Lipinski definition) is 6. The maximum absolute atomic E-state index is 11.1. The molecule has 0 bridgehead atoms. The van der Waals surface area contributed by atoms with E-state index in [-0.39, 0.29) is 11.4 Å². The first-order valence-corrected chi connectivity index (χ1v) is 6.72. The Hall–Kier alpha value is -3.16. The van der Waals surface area contributed by atoms with Crippen molar-refractivity contribution in [2.45, 2.75) is 20.8 Å². The molecule has 23 heavy (non-hydrogen) atoms. The molecule has 8 heteroatoms. The van der Waals surface area contributed by atoms with E-state index in [1.807, 2.05) is 32.9 Å². The topological polar surface area (TPSA) is 111 Å². The van der Waals surface area contributed by atoms with Gasteiger partial charge in [0.1, 0.15) is 0 Å². The summed E-state index contributed by atoms with van der Waals surface area (Å²) >= 11 is 0. The van der Waals surface area contributed by atoms with E-state index in [0.717, 1.165) is 28.8 Å². The Morgan fingerprint density at radius 3 is 2.00 bits per heavy atom. The first-order valence-electron chi connectivity index (χ1n) is 6.72. The highest BCUT2D eigenvalue weighted by Crippen LogP contribution is 2.33. The third-order valence-electron chi connectivity index (χ3n) is 3.26. The van der Waals surface area contributed by atoms with Crippen molar-refractivity contribution in [3.05, 3.63) is 67.3 Å². The molecule has 0 aromatic heterocycles. The van der Waals surface area contributed by atoms with Crippen LogP contribution in [-0.4, -0.2) is 9.85 Å². The predicted molar refractivity (Wildman–Crippen MR) is 84.6 cm³/mol. The minimum Gasteiger partial charge on any atom is -0.258 e. The summed E-state index contributed by atoms with van der Waals surface area (Å²) in [5.74, 6) is 0. The molecule has 8 nitrogen and oxygen atoms in total.